The van der Waals surface area contributed by atoms with Crippen molar-refractivity contribution in [1.29, 1.82) is 0 Å². The molecule has 4 aliphatic rings. The average Bonchev–Trinajstić information content (AvgIpc) is 3.10. The molecule has 5 atom stereocenters. The Kier molecular flexibility index (Phi) is 4.40. The molecule has 0 aromatic carbocycles. The topological polar surface area (TPSA) is 78.9 Å². The summed E-state index contributed by atoms with van der Waals surface area (Å²) in [5.41, 5.74) is -0.977. The molecule has 2 aliphatic heterocycles. The van der Waals surface area contributed by atoms with E-state index >= 15 is 0 Å². The van der Waals surface area contributed by atoms with E-state index in [1.54, 1.807) is 0 Å². The Morgan fingerprint density at radius 3 is 2.64 bits per heavy atom. The Hall–Kier alpha value is -1.85. The Morgan fingerprint density at radius 2 is 2.00 bits per heavy atom. The second-order valence-electron chi connectivity index (χ2n) is 9.54. The molecule has 2 saturated carbocycles. The first-order valence-electron chi connectivity index (χ1n) is 10.4. The van der Waals surface area contributed by atoms with Crippen molar-refractivity contribution in [1.82, 2.24) is 0 Å². The van der Waals surface area contributed by atoms with E-state index in [9.17, 15) is 14.4 Å². The van der Waals surface area contributed by atoms with Crippen molar-refractivity contribution < 1.29 is 28.6 Å². The van der Waals surface area contributed by atoms with Crippen LogP contribution in [0, 0.1) is 22.7 Å². The zero-order valence-electron chi connectivity index (χ0n) is 17.2. The molecule has 0 aromatic rings. The van der Waals surface area contributed by atoms with Gasteiger partial charge in [-0.05, 0) is 50.5 Å². The molecule has 0 radical (unpaired) electrons. The molecule has 28 heavy (non-hydrogen) atoms. The van der Waals surface area contributed by atoms with Gasteiger partial charge in [-0.2, -0.15) is 0 Å². The highest BCUT2D eigenvalue weighted by Gasteiger charge is 2.75. The largest absolute Gasteiger partial charge is 0.462 e. The van der Waals surface area contributed by atoms with E-state index in [2.05, 4.69) is 20.8 Å². The fraction of sp³-hybridized carbons (Fsp3) is 0.773. The number of ether oxygens (including phenoxy) is 3. The normalized spacial score (nSPS) is 41.0. The second kappa shape index (κ2) is 6.33. The van der Waals surface area contributed by atoms with E-state index in [4.69, 9.17) is 14.2 Å². The van der Waals surface area contributed by atoms with E-state index in [1.807, 2.05) is 6.08 Å². The zero-order chi connectivity index (χ0) is 20.3. The van der Waals surface area contributed by atoms with Gasteiger partial charge in [-0.15, -0.1) is 0 Å². The Morgan fingerprint density at radius 1 is 1.25 bits per heavy atom. The van der Waals surface area contributed by atoms with Gasteiger partial charge >= 0.3 is 17.9 Å². The molecular weight excluding hydrogens is 360 g/mol. The molecule has 5 unspecified atom stereocenters. The predicted octanol–water partition coefficient (Wildman–Crippen LogP) is 3.33. The third-order valence-electron chi connectivity index (χ3n) is 8.20. The monoisotopic (exact) mass is 390 g/mol. The summed E-state index contributed by atoms with van der Waals surface area (Å²) in [4.78, 5) is 36.9. The van der Waals surface area contributed by atoms with Crippen molar-refractivity contribution in [2.24, 2.45) is 22.7 Å². The number of cyclic esters (lactones) is 1. The fourth-order valence-electron chi connectivity index (χ4n) is 6.56. The number of carbonyl (C=O) groups excluding carboxylic acids is 3. The van der Waals surface area contributed by atoms with E-state index < -0.39 is 16.4 Å². The van der Waals surface area contributed by atoms with Crippen molar-refractivity contribution in [3.8, 4) is 0 Å². The van der Waals surface area contributed by atoms with Crippen LogP contribution in [0.1, 0.15) is 66.2 Å². The van der Waals surface area contributed by atoms with E-state index in [1.165, 1.54) is 6.92 Å². The lowest BCUT2D eigenvalue weighted by Gasteiger charge is -2.58. The van der Waals surface area contributed by atoms with Crippen LogP contribution in [0.15, 0.2) is 11.6 Å². The maximum Gasteiger partial charge on any atom is 0.334 e. The molecule has 154 valence electrons. The lowest BCUT2D eigenvalue weighted by atomic mass is 9.46. The summed E-state index contributed by atoms with van der Waals surface area (Å²) in [6, 6.07) is 0. The molecule has 0 N–H and O–H groups in total. The molecule has 2 bridgehead atoms. The van der Waals surface area contributed by atoms with Gasteiger partial charge in [0.25, 0.3) is 0 Å². The van der Waals surface area contributed by atoms with Crippen LogP contribution in [0.3, 0.4) is 0 Å². The number of esters is 3. The molecule has 1 saturated heterocycles. The third-order valence-corrected chi connectivity index (χ3v) is 8.20. The van der Waals surface area contributed by atoms with E-state index in [-0.39, 0.29) is 35.8 Å². The predicted molar refractivity (Wildman–Crippen MR) is 100.0 cm³/mol. The number of rotatable bonds is 4. The summed E-state index contributed by atoms with van der Waals surface area (Å²) in [7, 11) is 0. The molecular formula is C22H30O6. The Bertz CT molecular complexity index is 752. The van der Waals surface area contributed by atoms with Crippen molar-refractivity contribution >= 4 is 17.9 Å². The molecule has 6 heteroatoms. The molecule has 2 heterocycles. The van der Waals surface area contributed by atoms with Gasteiger partial charge in [-0.3, -0.25) is 9.59 Å². The molecule has 2 aliphatic carbocycles. The maximum atomic E-state index is 13.4. The lowest BCUT2D eigenvalue weighted by Crippen LogP contribution is -2.63. The van der Waals surface area contributed by atoms with Gasteiger partial charge in [0.2, 0.25) is 0 Å². The van der Waals surface area contributed by atoms with Crippen molar-refractivity contribution in [3.63, 3.8) is 0 Å². The first-order valence-corrected chi connectivity index (χ1v) is 10.4. The number of hydrogen-bond donors (Lipinski definition) is 0. The Balaban J connectivity index is 1.68. The summed E-state index contributed by atoms with van der Waals surface area (Å²) in [5.74, 6) is -0.419. The van der Waals surface area contributed by atoms with Crippen LogP contribution in [0.5, 0.6) is 0 Å². The average molecular weight is 390 g/mol. The smallest absolute Gasteiger partial charge is 0.334 e. The van der Waals surface area contributed by atoms with Crippen LogP contribution in [-0.4, -0.2) is 36.2 Å². The summed E-state index contributed by atoms with van der Waals surface area (Å²) in [5, 5.41) is 0. The minimum Gasteiger partial charge on any atom is -0.462 e. The molecule has 0 amide bonds. The standard InChI is InChI=1S/C22H30O6/c1-13-7-11-22-16(5-6-17(20(22,3)4)27-14(2)23)21(13,19(25)28-22)10-8-15-9-12-26-18(15)24/h9,13,16-17H,5-8,10-12H2,1-4H3. The van der Waals surface area contributed by atoms with E-state index in [0.29, 0.717) is 25.0 Å². The van der Waals surface area contributed by atoms with Crippen LogP contribution in [0.4, 0.5) is 0 Å². The summed E-state index contributed by atoms with van der Waals surface area (Å²) in [6.45, 7) is 8.04. The maximum absolute atomic E-state index is 13.4. The lowest BCUT2D eigenvalue weighted by molar-refractivity contribution is -0.210. The number of hydrogen-bond acceptors (Lipinski definition) is 6. The van der Waals surface area contributed by atoms with Crippen LogP contribution in [0.25, 0.3) is 0 Å². The number of carbonyl (C=O) groups is 3. The Labute approximate surface area is 166 Å². The van der Waals surface area contributed by atoms with Gasteiger partial charge in [-0.25, -0.2) is 4.79 Å². The van der Waals surface area contributed by atoms with Gasteiger partial charge in [0, 0.05) is 23.8 Å². The van der Waals surface area contributed by atoms with Crippen LogP contribution in [-0.2, 0) is 28.6 Å². The van der Waals surface area contributed by atoms with Crippen LogP contribution < -0.4 is 0 Å². The minimum absolute atomic E-state index is 0.0797. The fourth-order valence-corrected chi connectivity index (χ4v) is 6.56. The highest BCUT2D eigenvalue weighted by atomic mass is 16.6. The van der Waals surface area contributed by atoms with Gasteiger partial charge in [0.05, 0.1) is 5.41 Å². The van der Waals surface area contributed by atoms with Gasteiger partial charge in [0.15, 0.2) is 0 Å². The van der Waals surface area contributed by atoms with Gasteiger partial charge in [0.1, 0.15) is 18.3 Å². The molecule has 0 spiro atoms. The SMILES string of the molecule is CC(=O)OC1CCC2C3(CCC4=CCOC4=O)C(=O)OC2(CCC3C)C1(C)C. The zero-order valence-corrected chi connectivity index (χ0v) is 17.2. The van der Waals surface area contributed by atoms with Crippen LogP contribution >= 0.6 is 0 Å². The molecule has 3 fully saturated rings. The summed E-state index contributed by atoms with van der Waals surface area (Å²) in [6.07, 6.45) is 5.92. The summed E-state index contributed by atoms with van der Waals surface area (Å²) >= 11 is 0. The van der Waals surface area contributed by atoms with Crippen molar-refractivity contribution in [2.45, 2.75) is 77.9 Å². The van der Waals surface area contributed by atoms with Crippen molar-refractivity contribution in [2.75, 3.05) is 6.61 Å². The minimum atomic E-state index is -0.612. The first-order chi connectivity index (χ1) is 13.1. The molecule has 4 rings (SSSR count). The van der Waals surface area contributed by atoms with Gasteiger partial charge < -0.3 is 14.2 Å². The molecule has 0 aromatic heterocycles. The van der Waals surface area contributed by atoms with E-state index in [0.717, 1.165) is 25.7 Å². The highest BCUT2D eigenvalue weighted by Crippen LogP contribution is 2.69. The van der Waals surface area contributed by atoms with Crippen molar-refractivity contribution in [3.05, 3.63) is 11.6 Å². The summed E-state index contributed by atoms with van der Waals surface area (Å²) < 4.78 is 16.9. The first kappa shape index (κ1) is 19.5. The van der Waals surface area contributed by atoms with Crippen LogP contribution in [0.2, 0.25) is 0 Å². The van der Waals surface area contributed by atoms with Gasteiger partial charge in [-0.1, -0.05) is 20.8 Å². The third kappa shape index (κ3) is 2.42. The highest BCUT2D eigenvalue weighted by molar-refractivity contribution is 5.90. The molecule has 6 nitrogen and oxygen atoms in total. The quantitative estimate of drug-likeness (QED) is 0.541. The second-order valence-corrected chi connectivity index (χ2v) is 9.54.